The molecular weight excluding hydrogens is 298 g/mol. The highest BCUT2D eigenvalue weighted by Crippen LogP contribution is 2.66. The quantitative estimate of drug-likeness (QED) is 0.317. The first-order chi connectivity index (χ1) is 11.5. The number of oxime groups is 1. The van der Waals surface area contributed by atoms with Crippen LogP contribution in [0.3, 0.4) is 0 Å². The lowest BCUT2D eigenvalue weighted by molar-refractivity contribution is -0.0267. The van der Waals surface area contributed by atoms with Crippen molar-refractivity contribution >= 4 is 6.21 Å². The van der Waals surface area contributed by atoms with Crippen molar-refractivity contribution in [1.82, 2.24) is 0 Å². The predicted octanol–water partition coefficient (Wildman–Crippen LogP) is 4.70. The van der Waals surface area contributed by atoms with Gasteiger partial charge in [0.25, 0.3) is 0 Å². The van der Waals surface area contributed by atoms with E-state index in [2.05, 4.69) is 31.2 Å². The molecule has 4 rings (SSSR count). The summed E-state index contributed by atoms with van der Waals surface area (Å²) in [7, 11) is 0. The smallest absolute Gasteiger partial charge is 0.0661 e. The first-order valence-electron chi connectivity index (χ1n) is 9.73. The molecule has 0 aromatic heterocycles. The van der Waals surface area contributed by atoms with Crippen LogP contribution in [-0.4, -0.2) is 22.6 Å². The Morgan fingerprint density at radius 1 is 1.12 bits per heavy atom. The highest BCUT2D eigenvalue weighted by Gasteiger charge is 2.56. The minimum atomic E-state index is -0.117. The van der Waals surface area contributed by atoms with Gasteiger partial charge in [-0.1, -0.05) is 36.2 Å². The monoisotopic (exact) mass is 329 g/mol. The van der Waals surface area contributed by atoms with E-state index >= 15 is 0 Å². The van der Waals surface area contributed by atoms with Crippen LogP contribution in [0.25, 0.3) is 0 Å². The molecule has 3 fully saturated rings. The van der Waals surface area contributed by atoms with Crippen molar-refractivity contribution < 1.29 is 10.3 Å². The number of nitrogens with zero attached hydrogens (tertiary/aromatic N) is 1. The molecule has 6 unspecified atom stereocenters. The third-order valence-electron chi connectivity index (χ3n) is 8.27. The van der Waals surface area contributed by atoms with Gasteiger partial charge in [0.15, 0.2) is 0 Å². The minimum absolute atomic E-state index is 0.117. The zero-order valence-electron chi connectivity index (χ0n) is 15.0. The van der Waals surface area contributed by atoms with Crippen LogP contribution in [0.15, 0.2) is 28.5 Å². The van der Waals surface area contributed by atoms with Gasteiger partial charge in [-0.15, -0.1) is 0 Å². The molecule has 0 aliphatic heterocycles. The number of rotatable bonds is 1. The SMILES string of the molecule is CC12CCC(O)CC1=CCC1C2CCC2(C)/C(=C/C=N/O)CCC12. The third kappa shape index (κ3) is 2.23. The second-order valence-electron chi connectivity index (χ2n) is 9.11. The molecule has 3 saturated carbocycles. The maximum atomic E-state index is 10.1. The topological polar surface area (TPSA) is 52.8 Å². The fourth-order valence-corrected chi connectivity index (χ4v) is 6.89. The van der Waals surface area contributed by atoms with Crippen molar-refractivity contribution in [3.8, 4) is 0 Å². The molecule has 0 bridgehead atoms. The van der Waals surface area contributed by atoms with E-state index in [0.717, 1.165) is 43.4 Å². The van der Waals surface area contributed by atoms with E-state index < -0.39 is 0 Å². The molecule has 24 heavy (non-hydrogen) atoms. The lowest BCUT2D eigenvalue weighted by Crippen LogP contribution is -2.49. The Hall–Kier alpha value is -1.09. The normalized spacial score (nSPS) is 49.6. The zero-order chi connectivity index (χ0) is 16.9. The van der Waals surface area contributed by atoms with Crippen LogP contribution in [0.5, 0.6) is 0 Å². The van der Waals surface area contributed by atoms with E-state index in [1.54, 1.807) is 11.8 Å². The van der Waals surface area contributed by atoms with Crippen LogP contribution in [0.4, 0.5) is 0 Å². The van der Waals surface area contributed by atoms with E-state index in [9.17, 15) is 5.11 Å². The summed E-state index contributed by atoms with van der Waals surface area (Å²) in [4.78, 5) is 0. The number of fused-ring (bicyclic) bond motifs is 5. The maximum Gasteiger partial charge on any atom is 0.0661 e. The second kappa shape index (κ2) is 5.72. The van der Waals surface area contributed by atoms with E-state index in [1.165, 1.54) is 31.3 Å². The Morgan fingerprint density at radius 3 is 2.67 bits per heavy atom. The van der Waals surface area contributed by atoms with Gasteiger partial charge in [0, 0.05) is 0 Å². The minimum Gasteiger partial charge on any atom is -0.411 e. The van der Waals surface area contributed by atoms with E-state index in [0.29, 0.717) is 5.41 Å². The van der Waals surface area contributed by atoms with Crippen LogP contribution in [0.2, 0.25) is 0 Å². The Labute approximate surface area is 145 Å². The van der Waals surface area contributed by atoms with Crippen LogP contribution in [-0.2, 0) is 0 Å². The molecule has 0 radical (unpaired) electrons. The van der Waals surface area contributed by atoms with Gasteiger partial charge >= 0.3 is 0 Å². The van der Waals surface area contributed by atoms with Gasteiger partial charge in [0.1, 0.15) is 0 Å². The summed E-state index contributed by atoms with van der Waals surface area (Å²) in [6, 6.07) is 0. The molecule has 0 amide bonds. The van der Waals surface area contributed by atoms with Gasteiger partial charge < -0.3 is 10.3 Å². The largest absolute Gasteiger partial charge is 0.411 e. The second-order valence-corrected chi connectivity index (χ2v) is 9.11. The molecule has 4 aliphatic rings. The third-order valence-corrected chi connectivity index (χ3v) is 8.27. The van der Waals surface area contributed by atoms with Gasteiger partial charge in [0.05, 0.1) is 12.3 Å². The summed E-state index contributed by atoms with van der Waals surface area (Å²) in [5.41, 5.74) is 3.65. The Bertz CT molecular complexity index is 607. The average molecular weight is 329 g/mol. The maximum absolute atomic E-state index is 10.1. The van der Waals surface area contributed by atoms with Gasteiger partial charge in [-0.3, -0.25) is 0 Å². The van der Waals surface area contributed by atoms with Crippen LogP contribution in [0, 0.1) is 28.6 Å². The summed E-state index contributed by atoms with van der Waals surface area (Å²) >= 11 is 0. The number of hydrogen-bond donors (Lipinski definition) is 2. The van der Waals surface area contributed by atoms with Crippen LogP contribution < -0.4 is 0 Å². The molecule has 0 heterocycles. The van der Waals surface area contributed by atoms with Crippen molar-refractivity contribution in [1.29, 1.82) is 0 Å². The molecular formula is C21H31NO2. The highest BCUT2D eigenvalue weighted by atomic mass is 16.4. The first kappa shape index (κ1) is 16.4. The number of allylic oxidation sites excluding steroid dienone is 3. The fourth-order valence-electron chi connectivity index (χ4n) is 6.89. The summed E-state index contributed by atoms with van der Waals surface area (Å²) in [6.07, 6.45) is 15.2. The van der Waals surface area contributed by atoms with Gasteiger partial charge in [-0.05, 0) is 86.0 Å². The lowest BCUT2D eigenvalue weighted by atomic mass is 9.48. The van der Waals surface area contributed by atoms with Crippen molar-refractivity contribution in [2.45, 2.75) is 71.3 Å². The van der Waals surface area contributed by atoms with Gasteiger partial charge in [-0.2, -0.15) is 0 Å². The highest BCUT2D eigenvalue weighted by molar-refractivity contribution is 5.72. The van der Waals surface area contributed by atoms with E-state index in [4.69, 9.17) is 5.21 Å². The van der Waals surface area contributed by atoms with Crippen molar-refractivity contribution in [2.24, 2.45) is 33.7 Å². The summed E-state index contributed by atoms with van der Waals surface area (Å²) in [5, 5.41) is 22.0. The van der Waals surface area contributed by atoms with Crippen molar-refractivity contribution in [3.05, 3.63) is 23.3 Å². The summed E-state index contributed by atoms with van der Waals surface area (Å²) in [5.74, 6) is 2.33. The molecule has 132 valence electrons. The number of aliphatic hydroxyl groups is 1. The molecule has 4 aliphatic carbocycles. The molecule has 0 saturated heterocycles. The van der Waals surface area contributed by atoms with E-state index in [-0.39, 0.29) is 11.5 Å². The Balaban J connectivity index is 1.65. The van der Waals surface area contributed by atoms with Crippen molar-refractivity contribution in [3.63, 3.8) is 0 Å². The molecule has 6 atom stereocenters. The molecule has 0 aromatic carbocycles. The Kier molecular flexibility index (Phi) is 3.91. The average Bonchev–Trinajstić information content (AvgIpc) is 2.90. The molecule has 0 spiro atoms. The number of aliphatic hydroxyl groups excluding tert-OH is 1. The molecule has 2 N–H and O–H groups in total. The summed E-state index contributed by atoms with van der Waals surface area (Å²) in [6.45, 7) is 4.93. The lowest BCUT2D eigenvalue weighted by Gasteiger charge is -2.57. The standard InChI is InChI=1S/C21H31NO2/c1-20-11-8-19-17(18(20)6-4-14(20)9-12-22-24)5-3-15-13-16(23)7-10-21(15,19)2/h3,9,12,16-19,23-24H,4-8,10-11,13H2,1-2H3/b14-9+,22-12+. The van der Waals surface area contributed by atoms with Gasteiger partial charge in [-0.25, -0.2) is 0 Å². The molecule has 3 heteroatoms. The van der Waals surface area contributed by atoms with Crippen LogP contribution >= 0.6 is 0 Å². The zero-order valence-corrected chi connectivity index (χ0v) is 15.0. The predicted molar refractivity (Wildman–Crippen MR) is 96.1 cm³/mol. The van der Waals surface area contributed by atoms with E-state index in [1.807, 2.05) is 0 Å². The fraction of sp³-hybridized carbons (Fsp3) is 0.762. The Morgan fingerprint density at radius 2 is 1.88 bits per heavy atom. The summed E-state index contributed by atoms with van der Waals surface area (Å²) < 4.78 is 0. The first-order valence-corrected chi connectivity index (χ1v) is 9.73. The molecule has 3 nitrogen and oxygen atoms in total. The molecule has 0 aromatic rings. The van der Waals surface area contributed by atoms with Gasteiger partial charge in [0.2, 0.25) is 0 Å². The van der Waals surface area contributed by atoms with Crippen molar-refractivity contribution in [2.75, 3.05) is 0 Å². The number of hydrogen-bond acceptors (Lipinski definition) is 3. The van der Waals surface area contributed by atoms with Crippen LogP contribution in [0.1, 0.15) is 65.2 Å².